The van der Waals surface area contributed by atoms with Crippen molar-refractivity contribution >= 4 is 0 Å². The Labute approximate surface area is 107 Å². The van der Waals surface area contributed by atoms with Crippen LogP contribution in [-0.2, 0) is 0 Å². The van der Waals surface area contributed by atoms with Gasteiger partial charge in [0.2, 0.25) is 0 Å². The Morgan fingerprint density at radius 1 is 0.944 bits per heavy atom. The summed E-state index contributed by atoms with van der Waals surface area (Å²) < 4.78 is 13.0. The van der Waals surface area contributed by atoms with Crippen molar-refractivity contribution in [2.45, 2.75) is 25.4 Å². The van der Waals surface area contributed by atoms with Crippen molar-refractivity contribution in [2.75, 3.05) is 0 Å². The highest BCUT2D eigenvalue weighted by molar-refractivity contribution is 5.33. The van der Waals surface area contributed by atoms with E-state index in [1.807, 2.05) is 37.3 Å². The van der Waals surface area contributed by atoms with Crippen LogP contribution in [0.5, 0.6) is 0 Å². The van der Waals surface area contributed by atoms with E-state index in [1.165, 1.54) is 12.1 Å². The monoisotopic (exact) mass is 244 g/mol. The Balaban J connectivity index is 2.40. The summed E-state index contributed by atoms with van der Waals surface area (Å²) in [6.07, 6.45) is 0.203. The lowest BCUT2D eigenvalue weighted by Crippen LogP contribution is -2.18. The average molecular weight is 244 g/mol. The van der Waals surface area contributed by atoms with Crippen molar-refractivity contribution in [3.8, 4) is 0 Å². The predicted octanol–water partition coefficient (Wildman–Crippen LogP) is 3.73. The van der Waals surface area contributed by atoms with Crippen LogP contribution in [0.15, 0.2) is 54.6 Å². The van der Waals surface area contributed by atoms with E-state index in [0.717, 1.165) is 11.1 Å². The van der Waals surface area contributed by atoms with E-state index in [4.69, 9.17) is 0 Å². The van der Waals surface area contributed by atoms with Crippen LogP contribution in [0, 0.1) is 5.82 Å². The molecule has 2 unspecified atom stereocenters. The first-order chi connectivity index (χ1) is 8.72. The van der Waals surface area contributed by atoms with Crippen molar-refractivity contribution in [1.29, 1.82) is 0 Å². The molecule has 94 valence electrons. The number of halogens is 1. The Hall–Kier alpha value is -1.67. The molecular formula is C16H17FO. The van der Waals surface area contributed by atoms with Crippen molar-refractivity contribution in [3.63, 3.8) is 0 Å². The van der Waals surface area contributed by atoms with Gasteiger partial charge in [-0.25, -0.2) is 4.39 Å². The zero-order chi connectivity index (χ0) is 13.0. The van der Waals surface area contributed by atoms with Gasteiger partial charge < -0.3 is 5.11 Å². The van der Waals surface area contributed by atoms with E-state index < -0.39 is 6.10 Å². The predicted molar refractivity (Wildman–Crippen MR) is 71.0 cm³/mol. The Kier molecular flexibility index (Phi) is 4.11. The number of hydrogen-bond acceptors (Lipinski definition) is 1. The zero-order valence-corrected chi connectivity index (χ0v) is 10.4. The van der Waals surface area contributed by atoms with Crippen LogP contribution in [0.1, 0.15) is 30.4 Å². The molecule has 1 N–H and O–H groups in total. The molecule has 0 radical (unpaired) electrons. The van der Waals surface area contributed by atoms with Gasteiger partial charge in [-0.15, -0.1) is 0 Å². The summed E-state index contributed by atoms with van der Waals surface area (Å²) in [5.74, 6) is -0.353. The van der Waals surface area contributed by atoms with Crippen LogP contribution < -0.4 is 0 Å². The maximum absolute atomic E-state index is 13.0. The molecule has 0 heterocycles. The second-order valence-electron chi connectivity index (χ2n) is 4.42. The molecule has 2 aromatic rings. The Bertz CT molecular complexity index is 478. The molecule has 2 atom stereocenters. The van der Waals surface area contributed by atoms with E-state index >= 15 is 0 Å². The first-order valence-corrected chi connectivity index (χ1v) is 6.21. The molecule has 0 aliphatic rings. The van der Waals surface area contributed by atoms with Crippen molar-refractivity contribution < 1.29 is 9.50 Å². The van der Waals surface area contributed by atoms with Crippen LogP contribution in [-0.4, -0.2) is 11.2 Å². The molecule has 0 fully saturated rings. The topological polar surface area (TPSA) is 20.2 Å². The summed E-state index contributed by atoms with van der Waals surface area (Å²) in [7, 11) is 0. The highest BCUT2D eigenvalue weighted by Crippen LogP contribution is 2.29. The third kappa shape index (κ3) is 2.77. The van der Waals surface area contributed by atoms with Gasteiger partial charge in [-0.05, 0) is 29.7 Å². The third-order valence-electron chi connectivity index (χ3n) is 3.19. The first kappa shape index (κ1) is 12.8. The fraction of sp³-hybridized carbons (Fsp3) is 0.250. The molecule has 0 aliphatic carbocycles. The second kappa shape index (κ2) is 5.78. The SMILES string of the molecule is CCC(O)C(c1ccccc1)c1ccc(F)cc1. The lowest BCUT2D eigenvalue weighted by molar-refractivity contribution is 0.152. The molecule has 1 nitrogen and oxygen atoms in total. The van der Waals surface area contributed by atoms with Crippen LogP contribution in [0.25, 0.3) is 0 Å². The molecule has 2 aromatic carbocycles. The van der Waals surface area contributed by atoms with E-state index in [9.17, 15) is 9.50 Å². The molecule has 0 bridgehead atoms. The van der Waals surface area contributed by atoms with Gasteiger partial charge in [-0.1, -0.05) is 49.4 Å². The molecule has 18 heavy (non-hydrogen) atoms. The largest absolute Gasteiger partial charge is 0.392 e. The van der Waals surface area contributed by atoms with E-state index in [2.05, 4.69) is 0 Å². The highest BCUT2D eigenvalue weighted by Gasteiger charge is 2.21. The van der Waals surface area contributed by atoms with E-state index in [-0.39, 0.29) is 11.7 Å². The minimum atomic E-state index is -0.460. The van der Waals surface area contributed by atoms with Crippen LogP contribution in [0.2, 0.25) is 0 Å². The molecule has 0 aromatic heterocycles. The van der Waals surface area contributed by atoms with Crippen molar-refractivity contribution in [2.24, 2.45) is 0 Å². The zero-order valence-electron chi connectivity index (χ0n) is 10.4. The van der Waals surface area contributed by atoms with Crippen molar-refractivity contribution in [1.82, 2.24) is 0 Å². The van der Waals surface area contributed by atoms with Gasteiger partial charge in [0.05, 0.1) is 6.10 Å². The number of aliphatic hydroxyl groups excluding tert-OH is 1. The fourth-order valence-corrected chi connectivity index (χ4v) is 2.20. The van der Waals surface area contributed by atoms with E-state index in [0.29, 0.717) is 6.42 Å². The average Bonchev–Trinajstić information content (AvgIpc) is 2.42. The van der Waals surface area contributed by atoms with Crippen LogP contribution in [0.3, 0.4) is 0 Å². The van der Waals surface area contributed by atoms with Crippen LogP contribution in [0.4, 0.5) is 4.39 Å². The molecule has 0 aliphatic heterocycles. The molecule has 0 saturated heterocycles. The highest BCUT2D eigenvalue weighted by atomic mass is 19.1. The second-order valence-corrected chi connectivity index (χ2v) is 4.42. The minimum Gasteiger partial charge on any atom is -0.392 e. The van der Waals surface area contributed by atoms with Crippen molar-refractivity contribution in [3.05, 3.63) is 71.5 Å². The third-order valence-corrected chi connectivity index (χ3v) is 3.19. The molecule has 2 rings (SSSR count). The number of rotatable bonds is 4. The van der Waals surface area contributed by atoms with Gasteiger partial charge in [0, 0.05) is 5.92 Å². The summed E-state index contributed by atoms with van der Waals surface area (Å²) in [6.45, 7) is 1.95. The number of hydrogen-bond donors (Lipinski definition) is 1. The Morgan fingerprint density at radius 2 is 1.50 bits per heavy atom. The van der Waals surface area contributed by atoms with Gasteiger partial charge in [0.1, 0.15) is 5.82 Å². The lowest BCUT2D eigenvalue weighted by atomic mass is 9.85. The number of aliphatic hydroxyl groups is 1. The quantitative estimate of drug-likeness (QED) is 0.868. The minimum absolute atomic E-state index is 0.100. The normalized spacial score (nSPS) is 14.2. The summed E-state index contributed by atoms with van der Waals surface area (Å²) in [5, 5.41) is 10.2. The summed E-state index contributed by atoms with van der Waals surface area (Å²) in [5.41, 5.74) is 2.00. The maximum Gasteiger partial charge on any atom is 0.123 e. The molecule has 2 heteroatoms. The standard InChI is InChI=1S/C16H17FO/c1-2-15(18)16(12-6-4-3-5-7-12)13-8-10-14(17)11-9-13/h3-11,15-16,18H,2H2,1H3. The maximum atomic E-state index is 13.0. The van der Waals surface area contributed by atoms with Crippen LogP contribution >= 0.6 is 0 Å². The lowest BCUT2D eigenvalue weighted by Gasteiger charge is -2.23. The van der Waals surface area contributed by atoms with Gasteiger partial charge in [0.25, 0.3) is 0 Å². The Morgan fingerprint density at radius 3 is 2.06 bits per heavy atom. The van der Waals surface area contributed by atoms with Gasteiger partial charge in [0.15, 0.2) is 0 Å². The fourth-order valence-electron chi connectivity index (χ4n) is 2.20. The van der Waals surface area contributed by atoms with E-state index in [1.54, 1.807) is 12.1 Å². The summed E-state index contributed by atoms with van der Waals surface area (Å²) in [6, 6.07) is 16.2. The first-order valence-electron chi connectivity index (χ1n) is 6.21. The molecule has 0 amide bonds. The molecule has 0 saturated carbocycles. The smallest absolute Gasteiger partial charge is 0.123 e. The van der Waals surface area contributed by atoms with Gasteiger partial charge in [-0.3, -0.25) is 0 Å². The molecular weight excluding hydrogens is 227 g/mol. The van der Waals surface area contributed by atoms with Gasteiger partial charge >= 0.3 is 0 Å². The summed E-state index contributed by atoms with van der Waals surface area (Å²) in [4.78, 5) is 0. The number of benzene rings is 2. The van der Waals surface area contributed by atoms with Gasteiger partial charge in [-0.2, -0.15) is 0 Å². The molecule has 0 spiro atoms. The summed E-state index contributed by atoms with van der Waals surface area (Å²) >= 11 is 0.